The number of nitrogens with two attached hydrogens (primary N) is 1. The molecule has 0 radical (unpaired) electrons. The van der Waals surface area contributed by atoms with Crippen molar-refractivity contribution >= 4 is 0 Å². The third-order valence-electron chi connectivity index (χ3n) is 2.15. The largest absolute Gasteiger partial charge is 0.367 e. The van der Waals surface area contributed by atoms with Gasteiger partial charge in [-0.25, -0.2) is 0 Å². The van der Waals surface area contributed by atoms with Crippen molar-refractivity contribution in [2.24, 2.45) is 5.73 Å². The van der Waals surface area contributed by atoms with Crippen LogP contribution in [0.5, 0.6) is 0 Å². The van der Waals surface area contributed by atoms with Gasteiger partial charge in [0.1, 0.15) is 6.61 Å². The van der Waals surface area contributed by atoms with Gasteiger partial charge in [0, 0.05) is 5.54 Å². The lowest BCUT2D eigenvalue weighted by Gasteiger charge is -2.25. The molecule has 0 aromatic heterocycles. The first-order valence-corrected chi connectivity index (χ1v) is 4.44. The number of hydrogen-bond acceptors (Lipinski definition) is 2. The molecule has 70 valence electrons. The standard InChI is InChI=1S/C10H19NO/c1-4-7-8-12-9-10(11,5-2)6-3/h5-6,8-9,11H2,1-3H3. The summed E-state index contributed by atoms with van der Waals surface area (Å²) in [6.45, 7) is 7.07. The molecule has 0 spiro atoms. The SMILES string of the molecule is CC#CCOCC(N)(CC)CC. The van der Waals surface area contributed by atoms with Gasteiger partial charge in [-0.05, 0) is 19.8 Å². The van der Waals surface area contributed by atoms with E-state index in [0.29, 0.717) is 13.2 Å². The topological polar surface area (TPSA) is 35.2 Å². The van der Waals surface area contributed by atoms with Crippen LogP contribution in [0, 0.1) is 11.8 Å². The maximum Gasteiger partial charge on any atom is 0.107 e. The van der Waals surface area contributed by atoms with Crippen LogP contribution in [0.3, 0.4) is 0 Å². The molecule has 12 heavy (non-hydrogen) atoms. The lowest BCUT2D eigenvalue weighted by atomic mass is 9.96. The molecule has 0 saturated carbocycles. The molecule has 2 nitrogen and oxygen atoms in total. The highest BCUT2D eigenvalue weighted by atomic mass is 16.5. The maximum atomic E-state index is 6.01. The van der Waals surface area contributed by atoms with Gasteiger partial charge >= 0.3 is 0 Å². The van der Waals surface area contributed by atoms with E-state index in [4.69, 9.17) is 10.5 Å². The van der Waals surface area contributed by atoms with E-state index in [1.807, 2.05) is 0 Å². The summed E-state index contributed by atoms with van der Waals surface area (Å²) in [5.41, 5.74) is 5.85. The van der Waals surface area contributed by atoms with E-state index < -0.39 is 0 Å². The van der Waals surface area contributed by atoms with Gasteiger partial charge in [-0.3, -0.25) is 0 Å². The van der Waals surface area contributed by atoms with Crippen molar-refractivity contribution in [3.63, 3.8) is 0 Å². The molecule has 0 rings (SSSR count). The zero-order valence-electron chi connectivity index (χ0n) is 8.31. The van der Waals surface area contributed by atoms with E-state index in [0.717, 1.165) is 12.8 Å². The predicted molar refractivity (Wildman–Crippen MR) is 51.8 cm³/mol. The smallest absolute Gasteiger partial charge is 0.107 e. The lowest BCUT2D eigenvalue weighted by molar-refractivity contribution is 0.105. The normalized spacial score (nSPS) is 10.7. The van der Waals surface area contributed by atoms with Crippen molar-refractivity contribution in [1.82, 2.24) is 0 Å². The summed E-state index contributed by atoms with van der Waals surface area (Å²) in [6.07, 6.45) is 1.89. The molecule has 0 atom stereocenters. The van der Waals surface area contributed by atoms with Gasteiger partial charge in [0.15, 0.2) is 0 Å². The van der Waals surface area contributed by atoms with Crippen molar-refractivity contribution in [3.05, 3.63) is 0 Å². The Morgan fingerprint density at radius 3 is 2.33 bits per heavy atom. The molecule has 0 heterocycles. The Labute approximate surface area is 75.5 Å². The molecule has 0 aliphatic rings. The summed E-state index contributed by atoms with van der Waals surface area (Å²) in [5.74, 6) is 5.62. The van der Waals surface area contributed by atoms with Gasteiger partial charge in [-0.15, -0.1) is 5.92 Å². The van der Waals surface area contributed by atoms with Gasteiger partial charge in [-0.1, -0.05) is 19.8 Å². The van der Waals surface area contributed by atoms with Crippen LogP contribution in [0.2, 0.25) is 0 Å². The third-order valence-corrected chi connectivity index (χ3v) is 2.15. The van der Waals surface area contributed by atoms with Crippen molar-refractivity contribution in [2.45, 2.75) is 39.2 Å². The summed E-state index contributed by atoms with van der Waals surface area (Å²) in [5, 5.41) is 0. The summed E-state index contributed by atoms with van der Waals surface area (Å²) < 4.78 is 5.32. The summed E-state index contributed by atoms with van der Waals surface area (Å²) >= 11 is 0. The number of ether oxygens (including phenoxy) is 1. The quantitative estimate of drug-likeness (QED) is 0.500. The Balaban J connectivity index is 3.63. The molecule has 0 bridgehead atoms. The van der Waals surface area contributed by atoms with Gasteiger partial charge in [0.25, 0.3) is 0 Å². The first-order chi connectivity index (χ1) is 5.68. The average molecular weight is 169 g/mol. The Hall–Kier alpha value is -0.520. The number of hydrogen-bond donors (Lipinski definition) is 1. The fourth-order valence-corrected chi connectivity index (χ4v) is 0.832. The highest BCUT2D eigenvalue weighted by molar-refractivity contribution is 4.95. The summed E-state index contributed by atoms with van der Waals surface area (Å²) in [7, 11) is 0. The van der Waals surface area contributed by atoms with Crippen LogP contribution in [0.25, 0.3) is 0 Å². The van der Waals surface area contributed by atoms with Crippen LogP contribution >= 0.6 is 0 Å². The second-order valence-electron chi connectivity index (χ2n) is 2.99. The molecular formula is C10H19NO. The zero-order chi connectivity index (χ0) is 9.45. The van der Waals surface area contributed by atoms with E-state index in [9.17, 15) is 0 Å². The first-order valence-electron chi connectivity index (χ1n) is 4.44. The Morgan fingerprint density at radius 2 is 1.92 bits per heavy atom. The highest BCUT2D eigenvalue weighted by Crippen LogP contribution is 2.10. The third kappa shape index (κ3) is 4.38. The van der Waals surface area contributed by atoms with Crippen molar-refractivity contribution < 1.29 is 4.74 Å². The average Bonchev–Trinajstić information content (AvgIpc) is 2.12. The van der Waals surface area contributed by atoms with Crippen LogP contribution in [0.15, 0.2) is 0 Å². The maximum absolute atomic E-state index is 6.01. The van der Waals surface area contributed by atoms with E-state index >= 15 is 0 Å². The van der Waals surface area contributed by atoms with E-state index in [2.05, 4.69) is 25.7 Å². The molecule has 0 aliphatic carbocycles. The fourth-order valence-electron chi connectivity index (χ4n) is 0.832. The highest BCUT2D eigenvalue weighted by Gasteiger charge is 2.19. The second kappa shape index (κ2) is 6.05. The van der Waals surface area contributed by atoms with Gasteiger partial charge < -0.3 is 10.5 Å². The van der Waals surface area contributed by atoms with Crippen LogP contribution in [-0.4, -0.2) is 18.8 Å². The van der Waals surface area contributed by atoms with E-state index in [-0.39, 0.29) is 5.54 Å². The molecule has 0 saturated heterocycles. The molecule has 2 heteroatoms. The Bertz CT molecular complexity index is 162. The second-order valence-corrected chi connectivity index (χ2v) is 2.99. The van der Waals surface area contributed by atoms with Crippen molar-refractivity contribution in [2.75, 3.05) is 13.2 Å². The minimum absolute atomic E-state index is 0.157. The van der Waals surface area contributed by atoms with Gasteiger partial charge in [0.2, 0.25) is 0 Å². The number of rotatable bonds is 5. The fraction of sp³-hybridized carbons (Fsp3) is 0.800. The lowest BCUT2D eigenvalue weighted by Crippen LogP contribution is -2.43. The first kappa shape index (κ1) is 11.5. The van der Waals surface area contributed by atoms with E-state index in [1.54, 1.807) is 6.92 Å². The van der Waals surface area contributed by atoms with E-state index in [1.165, 1.54) is 0 Å². The Kier molecular flexibility index (Phi) is 5.79. The summed E-state index contributed by atoms with van der Waals surface area (Å²) in [4.78, 5) is 0. The minimum atomic E-state index is -0.157. The molecule has 0 aliphatic heterocycles. The van der Waals surface area contributed by atoms with Gasteiger partial charge in [0.05, 0.1) is 6.61 Å². The molecule has 0 aromatic rings. The molecule has 0 fully saturated rings. The van der Waals surface area contributed by atoms with Crippen LogP contribution < -0.4 is 5.73 Å². The van der Waals surface area contributed by atoms with Crippen LogP contribution in [0.1, 0.15) is 33.6 Å². The minimum Gasteiger partial charge on any atom is -0.367 e. The van der Waals surface area contributed by atoms with Gasteiger partial charge in [-0.2, -0.15) is 0 Å². The predicted octanol–water partition coefficient (Wildman–Crippen LogP) is 1.54. The van der Waals surface area contributed by atoms with Crippen molar-refractivity contribution in [3.8, 4) is 11.8 Å². The zero-order valence-corrected chi connectivity index (χ0v) is 8.31. The summed E-state index contributed by atoms with van der Waals surface area (Å²) in [6, 6.07) is 0. The van der Waals surface area contributed by atoms with Crippen LogP contribution in [-0.2, 0) is 4.74 Å². The molecule has 0 amide bonds. The molecule has 2 N–H and O–H groups in total. The monoisotopic (exact) mass is 169 g/mol. The van der Waals surface area contributed by atoms with Crippen molar-refractivity contribution in [1.29, 1.82) is 0 Å². The Morgan fingerprint density at radius 1 is 1.33 bits per heavy atom. The van der Waals surface area contributed by atoms with Crippen LogP contribution in [0.4, 0.5) is 0 Å². The molecular weight excluding hydrogens is 150 g/mol. The molecule has 0 unspecified atom stereocenters. The molecule has 0 aromatic carbocycles.